The van der Waals surface area contributed by atoms with Gasteiger partial charge in [0.25, 0.3) is 0 Å². The van der Waals surface area contributed by atoms with Gasteiger partial charge in [-0.3, -0.25) is 9.11 Å². The average Bonchev–Trinajstić information content (AvgIpc) is 2.90. The van der Waals surface area contributed by atoms with E-state index in [1.807, 2.05) is 42.5 Å². The second-order valence-corrected chi connectivity index (χ2v) is 9.71. The molecule has 0 aromatic heterocycles. The first-order valence-electron chi connectivity index (χ1n) is 11.2. The summed E-state index contributed by atoms with van der Waals surface area (Å²) in [6.45, 7) is 1.41. The molecule has 0 bridgehead atoms. The lowest BCUT2D eigenvalue weighted by Crippen LogP contribution is -2.36. The summed E-state index contributed by atoms with van der Waals surface area (Å²) in [5.74, 6) is 3.40. The minimum Gasteiger partial charge on any atom is -0.493 e. The summed E-state index contributed by atoms with van der Waals surface area (Å²) in [4.78, 5) is 3.24. The van der Waals surface area contributed by atoms with E-state index in [1.54, 1.807) is 28.4 Å². The largest absolute Gasteiger partial charge is 0.493 e. The molecule has 180 valence electrons. The van der Waals surface area contributed by atoms with Gasteiger partial charge in [-0.2, -0.15) is 0 Å². The van der Waals surface area contributed by atoms with E-state index in [9.17, 15) is 4.21 Å². The summed E-state index contributed by atoms with van der Waals surface area (Å²) in [5.41, 5.74) is 3.54. The Kier molecular flexibility index (Phi) is 7.75. The number of methoxy groups -OCH3 is 4. The smallest absolute Gasteiger partial charge is 0.161 e. The molecule has 1 aliphatic rings. The molecule has 0 aliphatic carbocycles. The second-order valence-electron chi connectivity index (χ2n) is 8.14. The first-order chi connectivity index (χ1) is 16.6. The number of nitrogens with zero attached hydrogens (tertiary/aromatic N) is 1. The summed E-state index contributed by atoms with van der Waals surface area (Å²) in [7, 11) is 5.53. The van der Waals surface area contributed by atoms with Crippen LogP contribution in [0, 0.1) is 0 Å². The van der Waals surface area contributed by atoms with Crippen LogP contribution in [0.4, 0.5) is 0 Å². The minimum atomic E-state index is -1.07. The summed E-state index contributed by atoms with van der Waals surface area (Å²) in [5, 5.41) is 0. The van der Waals surface area contributed by atoms with Crippen LogP contribution in [-0.4, -0.2) is 49.8 Å². The number of ether oxygens (including phenoxy) is 4. The van der Waals surface area contributed by atoms with Gasteiger partial charge in [0.2, 0.25) is 0 Å². The molecule has 0 fully saturated rings. The van der Waals surface area contributed by atoms with Crippen LogP contribution in [0.15, 0.2) is 65.6 Å². The summed E-state index contributed by atoms with van der Waals surface area (Å²) in [6.07, 6.45) is 0.795. The molecule has 3 aromatic rings. The SMILES string of the molecule is COc1ccc(C2Cc3cc(OC)c(OC)cc3CN2CCS(=O)c2ccccc2)cc1OC. The van der Waals surface area contributed by atoms with E-state index in [0.717, 1.165) is 34.9 Å². The predicted octanol–water partition coefficient (Wildman–Crippen LogP) is 4.63. The Labute approximate surface area is 203 Å². The van der Waals surface area contributed by atoms with Crippen molar-refractivity contribution in [1.82, 2.24) is 4.90 Å². The molecule has 6 nitrogen and oxygen atoms in total. The summed E-state index contributed by atoms with van der Waals surface area (Å²) in [6, 6.07) is 19.9. The highest BCUT2D eigenvalue weighted by molar-refractivity contribution is 7.85. The molecule has 0 radical (unpaired) electrons. The first-order valence-corrected chi connectivity index (χ1v) is 12.5. The zero-order valence-electron chi connectivity index (χ0n) is 20.1. The molecule has 0 spiro atoms. The third-order valence-corrected chi connectivity index (χ3v) is 7.65. The van der Waals surface area contributed by atoms with Crippen LogP contribution in [0.2, 0.25) is 0 Å². The quantitative estimate of drug-likeness (QED) is 0.444. The highest BCUT2D eigenvalue weighted by atomic mass is 32.2. The Bertz CT molecular complexity index is 1150. The monoisotopic (exact) mass is 481 g/mol. The van der Waals surface area contributed by atoms with Crippen molar-refractivity contribution in [3.63, 3.8) is 0 Å². The Morgan fingerprint density at radius 1 is 0.794 bits per heavy atom. The van der Waals surface area contributed by atoms with E-state index >= 15 is 0 Å². The third kappa shape index (κ3) is 5.05. The maximum Gasteiger partial charge on any atom is 0.161 e. The van der Waals surface area contributed by atoms with Gasteiger partial charge >= 0.3 is 0 Å². The van der Waals surface area contributed by atoms with E-state index in [4.69, 9.17) is 18.9 Å². The van der Waals surface area contributed by atoms with Gasteiger partial charge in [0.05, 0.1) is 39.2 Å². The van der Waals surface area contributed by atoms with E-state index in [0.29, 0.717) is 23.8 Å². The predicted molar refractivity (Wildman–Crippen MR) is 134 cm³/mol. The minimum absolute atomic E-state index is 0.0955. The topological polar surface area (TPSA) is 57.2 Å². The van der Waals surface area contributed by atoms with Gasteiger partial charge in [0.1, 0.15) is 0 Å². The first kappa shape index (κ1) is 24.1. The summed E-state index contributed by atoms with van der Waals surface area (Å²) < 4.78 is 35.0. The van der Waals surface area contributed by atoms with Crippen LogP contribution >= 0.6 is 0 Å². The molecule has 7 heteroatoms. The molecule has 1 heterocycles. The Hall–Kier alpha value is -3.03. The van der Waals surface area contributed by atoms with Crippen molar-refractivity contribution in [2.24, 2.45) is 0 Å². The molecule has 4 rings (SSSR count). The zero-order chi connectivity index (χ0) is 24.1. The van der Waals surface area contributed by atoms with Crippen molar-refractivity contribution in [1.29, 1.82) is 0 Å². The van der Waals surface area contributed by atoms with Crippen LogP contribution in [0.3, 0.4) is 0 Å². The lowest BCUT2D eigenvalue weighted by atomic mass is 9.89. The Morgan fingerprint density at radius 3 is 2.06 bits per heavy atom. The standard InChI is InChI=1S/C27H31NO5S/c1-30-24-11-10-19(15-25(24)31-2)23-14-20-16-26(32-3)27(33-4)17-21(20)18-28(23)12-13-34(29)22-8-6-5-7-9-22/h5-11,15-17,23H,12-14,18H2,1-4H3. The van der Waals surface area contributed by atoms with Crippen LogP contribution < -0.4 is 18.9 Å². The highest BCUT2D eigenvalue weighted by Crippen LogP contribution is 2.40. The second kappa shape index (κ2) is 10.9. The van der Waals surface area contributed by atoms with Crippen LogP contribution in [-0.2, 0) is 23.8 Å². The summed E-state index contributed by atoms with van der Waals surface area (Å²) >= 11 is 0. The van der Waals surface area contributed by atoms with Crippen molar-refractivity contribution >= 4 is 10.8 Å². The molecule has 3 aromatic carbocycles. The van der Waals surface area contributed by atoms with E-state index in [1.165, 1.54) is 11.1 Å². The molecule has 0 saturated heterocycles. The third-order valence-electron chi connectivity index (χ3n) is 6.30. The molecule has 0 saturated carbocycles. The molecule has 0 amide bonds. The van der Waals surface area contributed by atoms with E-state index < -0.39 is 10.8 Å². The van der Waals surface area contributed by atoms with Crippen molar-refractivity contribution < 1.29 is 23.2 Å². The average molecular weight is 482 g/mol. The van der Waals surface area contributed by atoms with E-state index in [2.05, 4.69) is 23.1 Å². The van der Waals surface area contributed by atoms with Crippen molar-refractivity contribution in [2.75, 3.05) is 40.7 Å². The zero-order valence-corrected chi connectivity index (χ0v) is 20.9. The highest BCUT2D eigenvalue weighted by Gasteiger charge is 2.30. The number of rotatable bonds is 9. The molecule has 0 N–H and O–H groups in total. The van der Waals surface area contributed by atoms with Crippen molar-refractivity contribution in [3.8, 4) is 23.0 Å². The lowest BCUT2D eigenvalue weighted by Gasteiger charge is -2.37. The maximum atomic E-state index is 13.0. The van der Waals surface area contributed by atoms with Gasteiger partial charge in [-0.1, -0.05) is 24.3 Å². The fourth-order valence-corrected chi connectivity index (χ4v) is 5.58. The fourth-order valence-electron chi connectivity index (χ4n) is 4.48. The lowest BCUT2D eigenvalue weighted by molar-refractivity contribution is 0.182. The van der Waals surface area contributed by atoms with Gasteiger partial charge < -0.3 is 18.9 Å². The molecule has 2 atom stereocenters. The number of hydrogen-bond donors (Lipinski definition) is 0. The normalized spacial score (nSPS) is 16.4. The van der Waals surface area contributed by atoms with Gasteiger partial charge in [0.15, 0.2) is 23.0 Å². The fraction of sp³-hybridized carbons (Fsp3) is 0.333. The Morgan fingerprint density at radius 2 is 1.41 bits per heavy atom. The number of fused-ring (bicyclic) bond motifs is 1. The van der Waals surface area contributed by atoms with Gasteiger partial charge in [-0.15, -0.1) is 0 Å². The van der Waals surface area contributed by atoms with Crippen molar-refractivity contribution in [3.05, 3.63) is 77.4 Å². The molecular weight excluding hydrogens is 450 g/mol. The van der Waals surface area contributed by atoms with E-state index in [-0.39, 0.29) is 6.04 Å². The molecular formula is C27H31NO5S. The Balaban J connectivity index is 1.66. The van der Waals surface area contributed by atoms with Crippen LogP contribution in [0.25, 0.3) is 0 Å². The van der Waals surface area contributed by atoms with Gasteiger partial charge in [-0.25, -0.2) is 0 Å². The van der Waals surface area contributed by atoms with Gasteiger partial charge in [-0.05, 0) is 59.5 Å². The van der Waals surface area contributed by atoms with Crippen molar-refractivity contribution in [2.45, 2.75) is 23.9 Å². The van der Waals surface area contributed by atoms with Crippen LogP contribution in [0.5, 0.6) is 23.0 Å². The number of benzene rings is 3. The van der Waals surface area contributed by atoms with Gasteiger partial charge in [0, 0.05) is 29.8 Å². The maximum absolute atomic E-state index is 13.0. The molecule has 1 aliphatic heterocycles. The number of hydrogen-bond acceptors (Lipinski definition) is 6. The molecule has 2 unspecified atom stereocenters. The molecule has 34 heavy (non-hydrogen) atoms. The van der Waals surface area contributed by atoms with Crippen LogP contribution in [0.1, 0.15) is 22.7 Å².